The van der Waals surface area contributed by atoms with Crippen molar-refractivity contribution in [1.29, 1.82) is 0 Å². The van der Waals surface area contributed by atoms with Crippen LogP contribution in [0, 0.1) is 11.3 Å². The summed E-state index contributed by atoms with van der Waals surface area (Å²) in [7, 11) is -3.65. The highest BCUT2D eigenvalue weighted by atomic mass is 32.2. The molecule has 0 saturated carbocycles. The van der Waals surface area contributed by atoms with E-state index in [1.54, 1.807) is 30.3 Å². The predicted octanol–water partition coefficient (Wildman–Crippen LogP) is 2.70. The van der Waals surface area contributed by atoms with Gasteiger partial charge in [0.1, 0.15) is 5.56 Å². The Balaban J connectivity index is 2.65. The van der Waals surface area contributed by atoms with Gasteiger partial charge in [0.15, 0.2) is 0 Å². The first kappa shape index (κ1) is 12.1. The van der Waals surface area contributed by atoms with E-state index in [1.807, 2.05) is 0 Å². The van der Waals surface area contributed by atoms with Gasteiger partial charge in [0.2, 0.25) is 9.84 Å². The average Bonchev–Trinajstić information content (AvgIpc) is 2.41. The number of rotatable bonds is 2. The highest BCUT2D eigenvalue weighted by Crippen LogP contribution is 2.23. The van der Waals surface area contributed by atoms with Gasteiger partial charge < -0.3 is 5.21 Å². The Bertz CT molecular complexity index is 713. The first-order chi connectivity index (χ1) is 8.66. The van der Waals surface area contributed by atoms with Crippen molar-refractivity contribution in [3.05, 3.63) is 70.4 Å². The molecule has 5 heteroatoms. The molecule has 4 nitrogen and oxygen atoms in total. The van der Waals surface area contributed by atoms with Crippen LogP contribution in [0.5, 0.6) is 0 Å². The fourth-order valence-corrected chi connectivity index (χ4v) is 3.00. The highest BCUT2D eigenvalue weighted by molar-refractivity contribution is 7.91. The molecule has 0 heterocycles. The number of hydrogen-bond donors (Lipinski definition) is 0. The number of benzene rings is 2. The maximum atomic E-state index is 12.3. The maximum absolute atomic E-state index is 12.3. The van der Waals surface area contributed by atoms with Crippen LogP contribution >= 0.6 is 0 Å². The molecular formula is C13H9NO3S. The van der Waals surface area contributed by atoms with Crippen molar-refractivity contribution >= 4 is 9.84 Å². The molecule has 0 atom stereocenters. The minimum absolute atomic E-state index is 0.0239. The van der Waals surface area contributed by atoms with Crippen LogP contribution in [0.15, 0.2) is 64.4 Å². The molecule has 0 radical (unpaired) electrons. The monoisotopic (exact) mass is 259 g/mol. The zero-order valence-electron chi connectivity index (χ0n) is 9.28. The summed E-state index contributed by atoms with van der Waals surface area (Å²) in [6.45, 7) is 0. The Morgan fingerprint density at radius 3 is 2.22 bits per heavy atom. The van der Waals surface area contributed by atoms with Crippen LogP contribution in [0.2, 0.25) is 0 Å². The minimum Gasteiger partial charge on any atom is -0.498 e. The molecule has 0 saturated heterocycles. The topological polar surface area (TPSA) is 61.6 Å². The quantitative estimate of drug-likeness (QED) is 0.779. The molecule has 0 aliphatic carbocycles. The Morgan fingerprint density at radius 2 is 1.56 bits per heavy atom. The largest absolute Gasteiger partial charge is 0.498 e. The van der Waals surface area contributed by atoms with E-state index in [2.05, 4.69) is 11.1 Å². The van der Waals surface area contributed by atoms with E-state index in [0.717, 1.165) is 0 Å². The lowest BCUT2D eigenvalue weighted by Crippen LogP contribution is -2.03. The van der Waals surface area contributed by atoms with E-state index in [9.17, 15) is 13.6 Å². The van der Waals surface area contributed by atoms with E-state index in [-0.39, 0.29) is 15.4 Å². The average molecular weight is 259 g/mol. The lowest BCUT2D eigenvalue weighted by Gasteiger charge is -2.04. The second-order valence-electron chi connectivity index (χ2n) is 3.52. The third-order valence-electron chi connectivity index (χ3n) is 2.40. The Morgan fingerprint density at radius 1 is 0.944 bits per heavy atom. The molecule has 2 aromatic rings. The van der Waals surface area contributed by atoms with Gasteiger partial charge in [-0.3, -0.25) is 0 Å². The van der Waals surface area contributed by atoms with Crippen LogP contribution in [-0.2, 0) is 9.84 Å². The van der Waals surface area contributed by atoms with Crippen molar-refractivity contribution in [2.75, 3.05) is 0 Å². The van der Waals surface area contributed by atoms with Crippen LogP contribution < -0.4 is 0 Å². The highest BCUT2D eigenvalue weighted by Gasteiger charge is 2.21. The van der Waals surface area contributed by atoms with Crippen molar-refractivity contribution < 1.29 is 8.42 Å². The van der Waals surface area contributed by atoms with Crippen LogP contribution in [0.4, 0.5) is 0 Å². The predicted molar refractivity (Wildman–Crippen MR) is 68.1 cm³/mol. The Hall–Kier alpha value is -2.32. The summed E-state index contributed by atoms with van der Waals surface area (Å²) in [5.74, 6) is 0. The summed E-state index contributed by atoms with van der Waals surface area (Å²) >= 11 is 0. The van der Waals surface area contributed by atoms with Crippen molar-refractivity contribution in [3.8, 4) is 6.07 Å². The summed E-state index contributed by atoms with van der Waals surface area (Å²) in [4.78, 5) is 0.195. The zero-order chi connectivity index (χ0) is 13.0. The molecule has 2 rings (SSSR count). The van der Waals surface area contributed by atoms with Crippen LogP contribution in [0.1, 0.15) is 5.56 Å². The zero-order valence-corrected chi connectivity index (χ0v) is 10.1. The van der Waals surface area contributed by atoms with Gasteiger partial charge in [0, 0.05) is 5.01 Å². The molecule has 0 aliphatic heterocycles. The van der Waals surface area contributed by atoms with E-state index in [0.29, 0.717) is 0 Å². The molecule has 0 amide bonds. The molecule has 90 valence electrons. The van der Waals surface area contributed by atoms with E-state index in [1.165, 1.54) is 24.3 Å². The molecule has 18 heavy (non-hydrogen) atoms. The summed E-state index contributed by atoms with van der Waals surface area (Å²) in [5, 5.41) is 12.7. The smallest absolute Gasteiger partial charge is 0.338 e. The number of hydrogen-bond acceptors (Lipinski definition) is 3. The van der Waals surface area contributed by atoms with Crippen LogP contribution in [0.3, 0.4) is 0 Å². The van der Waals surface area contributed by atoms with Gasteiger partial charge in [-0.05, 0) is 24.3 Å². The molecule has 0 N–H and O–H groups in total. The van der Waals surface area contributed by atoms with E-state index >= 15 is 0 Å². The summed E-state index contributed by atoms with van der Waals surface area (Å²) in [6, 6.07) is 16.3. The lowest BCUT2D eigenvalue weighted by atomic mass is 10.2. The molecule has 0 spiro atoms. The number of sulfone groups is 1. The fraction of sp³-hybridized carbons (Fsp3) is 0. The second kappa shape index (κ2) is 4.90. The second-order valence-corrected chi connectivity index (χ2v) is 5.43. The minimum atomic E-state index is -3.65. The summed E-state index contributed by atoms with van der Waals surface area (Å²) in [5.41, 5.74) is 0.163. The van der Waals surface area contributed by atoms with Crippen LogP contribution in [0.25, 0.3) is 5.01 Å². The molecule has 0 aliphatic rings. The van der Waals surface area contributed by atoms with Crippen molar-refractivity contribution in [2.24, 2.45) is 0 Å². The number of nitrogens with zero attached hydrogens (tertiary/aromatic N) is 1. The molecule has 0 fully saturated rings. The molecule has 0 unspecified atom stereocenters. The first-order valence-corrected chi connectivity index (χ1v) is 6.62. The fourth-order valence-electron chi connectivity index (χ4n) is 1.57. The van der Waals surface area contributed by atoms with Gasteiger partial charge in [-0.1, -0.05) is 30.3 Å². The van der Waals surface area contributed by atoms with Gasteiger partial charge in [-0.25, -0.2) is 8.42 Å². The van der Waals surface area contributed by atoms with Crippen molar-refractivity contribution in [3.63, 3.8) is 0 Å². The molecular weight excluding hydrogens is 250 g/mol. The SMILES string of the molecule is O=S(=O)(c1ccccc1)c1ccccc1C#[N+][O-]. The van der Waals surface area contributed by atoms with Crippen molar-refractivity contribution in [1.82, 2.24) is 0 Å². The van der Waals surface area contributed by atoms with Gasteiger partial charge in [-0.15, -0.1) is 0 Å². The van der Waals surface area contributed by atoms with E-state index in [4.69, 9.17) is 0 Å². The van der Waals surface area contributed by atoms with Gasteiger partial charge in [0.25, 0.3) is 0 Å². The standard InChI is InChI=1S/C13H9NO3S/c15-14-10-11-6-4-5-9-13(11)18(16,17)12-7-2-1-3-8-12/h1-9H. The third-order valence-corrected chi connectivity index (χ3v) is 4.22. The van der Waals surface area contributed by atoms with Crippen LogP contribution in [-0.4, -0.2) is 8.42 Å². The molecule has 0 aromatic heterocycles. The van der Waals surface area contributed by atoms with Gasteiger partial charge in [-0.2, -0.15) is 0 Å². The maximum Gasteiger partial charge on any atom is 0.338 e. The van der Waals surface area contributed by atoms with Gasteiger partial charge >= 0.3 is 6.07 Å². The third kappa shape index (κ3) is 2.19. The molecule has 2 aromatic carbocycles. The molecule has 0 bridgehead atoms. The van der Waals surface area contributed by atoms with Crippen molar-refractivity contribution in [2.45, 2.75) is 9.79 Å². The van der Waals surface area contributed by atoms with Gasteiger partial charge in [0.05, 0.1) is 9.79 Å². The lowest BCUT2D eigenvalue weighted by molar-refractivity contribution is 0.596. The summed E-state index contributed by atoms with van der Waals surface area (Å²) < 4.78 is 24.7. The Labute approximate surface area is 105 Å². The normalized spacial score (nSPS) is 10.4. The summed E-state index contributed by atoms with van der Waals surface area (Å²) in [6.07, 6.45) is 0. The Kier molecular flexibility index (Phi) is 3.31. The van der Waals surface area contributed by atoms with E-state index < -0.39 is 9.84 Å². The first-order valence-electron chi connectivity index (χ1n) is 5.14.